The van der Waals surface area contributed by atoms with Gasteiger partial charge in [-0.2, -0.15) is 0 Å². The number of ether oxygens (including phenoxy) is 1. The molecule has 0 unspecified atom stereocenters. The number of nitrogens with zero attached hydrogens (tertiary/aromatic N) is 1. The Labute approximate surface area is 184 Å². The van der Waals surface area contributed by atoms with Crippen LogP contribution in [0.5, 0.6) is 0 Å². The molecule has 3 nitrogen and oxygen atoms in total. The molecule has 1 aromatic carbocycles. The van der Waals surface area contributed by atoms with E-state index >= 15 is 0 Å². The van der Waals surface area contributed by atoms with Gasteiger partial charge in [0, 0.05) is 5.56 Å². The molecule has 168 valence electrons. The topological polar surface area (TPSA) is 38.7 Å². The fraction of sp³-hybridized carbons (Fsp3) is 0.704. The van der Waals surface area contributed by atoms with E-state index in [-0.39, 0.29) is 5.97 Å². The molecule has 1 aliphatic heterocycles. The number of aliphatic imine (C=N–C) groups is 1. The minimum absolute atomic E-state index is 0.264. The van der Waals surface area contributed by atoms with Gasteiger partial charge in [0.25, 0.3) is 0 Å². The van der Waals surface area contributed by atoms with Crippen LogP contribution in [0.2, 0.25) is 0 Å². The highest BCUT2D eigenvalue weighted by Gasteiger charge is 2.22. The van der Waals surface area contributed by atoms with E-state index in [1.165, 1.54) is 77.0 Å². The number of hydrogen-bond donors (Lipinski definition) is 0. The standard InChI is InChI=1S/C27H43NO2/c1-23(2)18-14-12-10-8-6-4-3-5-7-9-11-13-17-21-30-27(29)26-25-20-16-15-19-24(25)22-28-26/h15-16,19-20,23H,3-14,17-18,21-22H2,1-2H3. The Hall–Kier alpha value is -1.64. The van der Waals surface area contributed by atoms with Crippen molar-refractivity contribution in [3.63, 3.8) is 0 Å². The number of carbonyl (C=O) groups excluding carboxylic acids is 1. The van der Waals surface area contributed by atoms with E-state index in [2.05, 4.69) is 18.8 Å². The van der Waals surface area contributed by atoms with Crippen LogP contribution in [0.3, 0.4) is 0 Å². The summed E-state index contributed by atoms with van der Waals surface area (Å²) in [7, 11) is 0. The highest BCUT2D eigenvalue weighted by atomic mass is 16.5. The second kappa shape index (κ2) is 15.2. The monoisotopic (exact) mass is 413 g/mol. The molecule has 0 atom stereocenters. The SMILES string of the molecule is CC(C)CCCCCCCCCCCCCCCOC(=O)C1=NCc2ccccc21. The Morgan fingerprint density at radius 3 is 1.97 bits per heavy atom. The van der Waals surface area contributed by atoms with Crippen molar-refractivity contribution in [2.24, 2.45) is 10.9 Å². The van der Waals surface area contributed by atoms with Crippen LogP contribution in [0.1, 0.15) is 115 Å². The minimum atomic E-state index is -0.264. The van der Waals surface area contributed by atoms with Crippen molar-refractivity contribution in [2.45, 2.75) is 110 Å². The molecule has 3 heteroatoms. The molecule has 0 aromatic heterocycles. The summed E-state index contributed by atoms with van der Waals surface area (Å²) in [4.78, 5) is 16.6. The Morgan fingerprint density at radius 2 is 1.37 bits per heavy atom. The molecule has 0 radical (unpaired) electrons. The van der Waals surface area contributed by atoms with E-state index in [0.29, 0.717) is 18.9 Å². The van der Waals surface area contributed by atoms with Gasteiger partial charge in [-0.1, -0.05) is 122 Å². The van der Waals surface area contributed by atoms with Crippen molar-refractivity contribution < 1.29 is 9.53 Å². The molecule has 0 aliphatic carbocycles. The zero-order chi connectivity index (χ0) is 21.4. The average molecular weight is 414 g/mol. The van der Waals surface area contributed by atoms with Crippen molar-refractivity contribution in [1.82, 2.24) is 0 Å². The fourth-order valence-electron chi connectivity index (χ4n) is 4.15. The molecule has 0 spiro atoms. The first-order valence-electron chi connectivity index (χ1n) is 12.5. The van der Waals surface area contributed by atoms with Crippen LogP contribution in [-0.4, -0.2) is 18.3 Å². The highest BCUT2D eigenvalue weighted by molar-refractivity contribution is 6.44. The van der Waals surface area contributed by atoms with Gasteiger partial charge in [0.1, 0.15) is 0 Å². The molecule has 1 aliphatic rings. The predicted molar refractivity (Wildman–Crippen MR) is 127 cm³/mol. The van der Waals surface area contributed by atoms with Crippen LogP contribution in [0.4, 0.5) is 0 Å². The molecular formula is C27H43NO2. The number of fused-ring (bicyclic) bond motifs is 1. The van der Waals surface area contributed by atoms with E-state index in [1.54, 1.807) is 0 Å². The number of unbranched alkanes of at least 4 members (excludes halogenated alkanes) is 12. The van der Waals surface area contributed by atoms with Gasteiger partial charge in [0.15, 0.2) is 5.71 Å². The Kier molecular flexibility index (Phi) is 12.5. The Bertz CT molecular complexity index is 636. The van der Waals surface area contributed by atoms with E-state index in [4.69, 9.17) is 4.74 Å². The molecular weight excluding hydrogens is 370 g/mol. The number of rotatable bonds is 17. The molecule has 0 saturated heterocycles. The maximum absolute atomic E-state index is 12.2. The number of benzene rings is 1. The lowest BCUT2D eigenvalue weighted by molar-refractivity contribution is -0.135. The zero-order valence-corrected chi connectivity index (χ0v) is 19.5. The van der Waals surface area contributed by atoms with Gasteiger partial charge in [-0.05, 0) is 17.9 Å². The normalized spacial score (nSPS) is 12.8. The summed E-state index contributed by atoms with van der Waals surface area (Å²) in [6, 6.07) is 7.91. The number of hydrogen-bond acceptors (Lipinski definition) is 3. The molecule has 0 fully saturated rings. The molecule has 1 heterocycles. The van der Waals surface area contributed by atoms with Crippen LogP contribution in [0, 0.1) is 5.92 Å². The van der Waals surface area contributed by atoms with E-state index in [1.807, 2.05) is 24.3 Å². The summed E-state index contributed by atoms with van der Waals surface area (Å²) < 4.78 is 5.43. The number of esters is 1. The summed E-state index contributed by atoms with van der Waals surface area (Å²) in [6.07, 6.45) is 18.7. The lowest BCUT2D eigenvalue weighted by Gasteiger charge is -2.06. The predicted octanol–water partition coefficient (Wildman–Crippen LogP) is 7.65. The highest BCUT2D eigenvalue weighted by Crippen LogP contribution is 2.19. The molecule has 30 heavy (non-hydrogen) atoms. The van der Waals surface area contributed by atoms with Crippen molar-refractivity contribution in [3.8, 4) is 0 Å². The first-order valence-corrected chi connectivity index (χ1v) is 12.5. The minimum Gasteiger partial charge on any atom is -0.461 e. The van der Waals surface area contributed by atoms with E-state index in [9.17, 15) is 4.79 Å². The average Bonchev–Trinajstić information content (AvgIpc) is 3.17. The second-order valence-corrected chi connectivity index (χ2v) is 9.24. The molecule has 0 amide bonds. The van der Waals surface area contributed by atoms with Gasteiger partial charge in [0.05, 0.1) is 13.2 Å². The zero-order valence-electron chi connectivity index (χ0n) is 19.5. The Balaban J connectivity index is 1.34. The van der Waals surface area contributed by atoms with Gasteiger partial charge in [-0.15, -0.1) is 0 Å². The fourth-order valence-corrected chi connectivity index (χ4v) is 4.15. The van der Waals surface area contributed by atoms with Gasteiger partial charge < -0.3 is 4.74 Å². The molecule has 0 N–H and O–H groups in total. The third kappa shape index (κ3) is 9.91. The van der Waals surface area contributed by atoms with Gasteiger partial charge in [-0.3, -0.25) is 4.99 Å². The summed E-state index contributed by atoms with van der Waals surface area (Å²) in [5.74, 6) is 0.602. The molecule has 0 saturated carbocycles. The largest absolute Gasteiger partial charge is 0.461 e. The maximum Gasteiger partial charge on any atom is 0.357 e. The first-order chi connectivity index (χ1) is 14.7. The molecule has 0 bridgehead atoms. The van der Waals surface area contributed by atoms with Crippen LogP contribution >= 0.6 is 0 Å². The van der Waals surface area contributed by atoms with Gasteiger partial charge in [0.2, 0.25) is 0 Å². The maximum atomic E-state index is 12.2. The third-order valence-corrected chi connectivity index (χ3v) is 6.03. The van der Waals surface area contributed by atoms with Crippen molar-refractivity contribution in [2.75, 3.05) is 6.61 Å². The lowest BCUT2D eigenvalue weighted by atomic mass is 10.0. The molecule has 1 aromatic rings. The summed E-state index contributed by atoms with van der Waals surface area (Å²) in [6.45, 7) is 5.75. The number of carbonyl (C=O) groups is 1. The van der Waals surface area contributed by atoms with Crippen molar-refractivity contribution in [3.05, 3.63) is 35.4 Å². The van der Waals surface area contributed by atoms with Crippen LogP contribution in [-0.2, 0) is 16.1 Å². The van der Waals surface area contributed by atoms with Gasteiger partial charge >= 0.3 is 5.97 Å². The third-order valence-electron chi connectivity index (χ3n) is 6.03. The van der Waals surface area contributed by atoms with Crippen molar-refractivity contribution in [1.29, 1.82) is 0 Å². The summed E-state index contributed by atoms with van der Waals surface area (Å²) in [5.41, 5.74) is 2.56. The van der Waals surface area contributed by atoms with Crippen LogP contribution in [0.25, 0.3) is 0 Å². The Morgan fingerprint density at radius 1 is 0.833 bits per heavy atom. The van der Waals surface area contributed by atoms with Crippen molar-refractivity contribution >= 4 is 11.7 Å². The van der Waals surface area contributed by atoms with Crippen LogP contribution in [0.15, 0.2) is 29.3 Å². The summed E-state index contributed by atoms with van der Waals surface area (Å²) in [5, 5.41) is 0. The second-order valence-electron chi connectivity index (χ2n) is 9.24. The van der Waals surface area contributed by atoms with Gasteiger partial charge in [-0.25, -0.2) is 4.79 Å². The van der Waals surface area contributed by atoms with E-state index in [0.717, 1.165) is 29.9 Å². The molecule has 2 rings (SSSR count). The van der Waals surface area contributed by atoms with E-state index < -0.39 is 0 Å². The summed E-state index contributed by atoms with van der Waals surface area (Å²) >= 11 is 0. The first kappa shape index (κ1) is 24.6. The smallest absolute Gasteiger partial charge is 0.357 e. The van der Waals surface area contributed by atoms with Crippen LogP contribution < -0.4 is 0 Å². The lowest BCUT2D eigenvalue weighted by Crippen LogP contribution is -2.18. The quantitative estimate of drug-likeness (QED) is 0.194.